The van der Waals surface area contributed by atoms with Crippen LogP contribution in [0.5, 0.6) is 5.75 Å². The van der Waals surface area contributed by atoms with Crippen LogP contribution in [0.4, 0.5) is 11.4 Å². The molecule has 0 saturated heterocycles. The first kappa shape index (κ1) is 22.1. The van der Waals surface area contributed by atoms with Crippen LogP contribution >= 0.6 is 0 Å². The van der Waals surface area contributed by atoms with E-state index in [4.69, 9.17) is 4.74 Å². The summed E-state index contributed by atoms with van der Waals surface area (Å²) in [5.41, 5.74) is 3.30. The fraction of sp³-hybridized carbons (Fsp3) is 0.292. The molecule has 1 aliphatic rings. The van der Waals surface area contributed by atoms with Crippen LogP contribution < -0.4 is 15.4 Å². The van der Waals surface area contributed by atoms with Gasteiger partial charge in [-0.2, -0.15) is 0 Å². The topological polar surface area (TPSA) is 87.7 Å². The van der Waals surface area contributed by atoms with Gasteiger partial charge in [0.25, 0.3) is 11.8 Å². The minimum absolute atomic E-state index is 0.129. The summed E-state index contributed by atoms with van der Waals surface area (Å²) >= 11 is 0. The molecule has 3 amide bonds. The Balaban J connectivity index is 2.07. The maximum atomic E-state index is 13.2. The maximum absolute atomic E-state index is 13.2. The Labute approximate surface area is 182 Å². The molecule has 0 atom stereocenters. The number of ether oxygens (including phenoxy) is 1. The van der Waals surface area contributed by atoms with Crippen molar-refractivity contribution >= 4 is 34.7 Å². The van der Waals surface area contributed by atoms with Gasteiger partial charge in [0, 0.05) is 19.2 Å². The van der Waals surface area contributed by atoms with E-state index in [9.17, 15) is 14.4 Å². The van der Waals surface area contributed by atoms with Crippen LogP contribution in [0.25, 0.3) is 5.57 Å². The molecule has 2 aromatic carbocycles. The van der Waals surface area contributed by atoms with E-state index >= 15 is 0 Å². The molecule has 0 bridgehead atoms. The molecular weight excluding hydrogens is 394 g/mol. The summed E-state index contributed by atoms with van der Waals surface area (Å²) in [7, 11) is 1.55. The van der Waals surface area contributed by atoms with Gasteiger partial charge in [0.1, 0.15) is 11.4 Å². The van der Waals surface area contributed by atoms with E-state index in [1.807, 2.05) is 39.0 Å². The highest BCUT2D eigenvalue weighted by molar-refractivity contribution is 6.36. The van der Waals surface area contributed by atoms with Gasteiger partial charge in [0.15, 0.2) is 0 Å². The van der Waals surface area contributed by atoms with E-state index in [0.29, 0.717) is 34.8 Å². The number of imide groups is 1. The number of carbonyl (C=O) groups is 3. The van der Waals surface area contributed by atoms with Crippen molar-refractivity contribution in [3.05, 3.63) is 59.3 Å². The molecule has 2 N–H and O–H groups in total. The van der Waals surface area contributed by atoms with Gasteiger partial charge in [0.05, 0.1) is 18.4 Å². The van der Waals surface area contributed by atoms with Crippen molar-refractivity contribution in [1.82, 2.24) is 4.90 Å². The van der Waals surface area contributed by atoms with Crippen molar-refractivity contribution < 1.29 is 19.1 Å². The lowest BCUT2D eigenvalue weighted by atomic mass is 10.0. The van der Waals surface area contributed by atoms with Crippen LogP contribution in [0.15, 0.2) is 48.2 Å². The number of nitrogens with one attached hydrogen (secondary N) is 2. The van der Waals surface area contributed by atoms with Crippen LogP contribution in [-0.2, 0) is 14.4 Å². The average Bonchev–Trinajstić information content (AvgIpc) is 2.92. The fourth-order valence-corrected chi connectivity index (χ4v) is 3.47. The van der Waals surface area contributed by atoms with E-state index in [0.717, 1.165) is 5.56 Å². The molecule has 0 saturated carbocycles. The molecule has 0 unspecified atom stereocenters. The summed E-state index contributed by atoms with van der Waals surface area (Å²) in [6, 6.07) is 12.4. The number of anilines is 2. The standard InChI is InChI=1S/C24H27N3O4/c1-14(2)13-27-23(29)21(17-7-9-18(10-8-17)25-16(4)28)22(24(27)30)26-19-12-15(3)6-11-20(19)31-5/h6-12,14,26H,13H2,1-5H3,(H,25,28). The van der Waals surface area contributed by atoms with E-state index in [2.05, 4.69) is 10.6 Å². The molecule has 7 nitrogen and oxygen atoms in total. The monoisotopic (exact) mass is 421 g/mol. The molecule has 0 radical (unpaired) electrons. The predicted molar refractivity (Wildman–Crippen MR) is 121 cm³/mol. The van der Waals surface area contributed by atoms with Gasteiger partial charge in [-0.15, -0.1) is 0 Å². The van der Waals surface area contributed by atoms with Crippen molar-refractivity contribution in [2.24, 2.45) is 5.92 Å². The Morgan fingerprint density at radius 3 is 2.32 bits per heavy atom. The molecule has 0 aromatic heterocycles. The van der Waals surface area contributed by atoms with Crippen molar-refractivity contribution in [2.75, 3.05) is 24.3 Å². The molecule has 0 aliphatic carbocycles. The quantitative estimate of drug-likeness (QED) is 0.664. The van der Waals surface area contributed by atoms with E-state index < -0.39 is 0 Å². The van der Waals surface area contributed by atoms with Crippen LogP contribution in [-0.4, -0.2) is 36.3 Å². The van der Waals surface area contributed by atoms with Gasteiger partial charge in [-0.25, -0.2) is 0 Å². The smallest absolute Gasteiger partial charge is 0.278 e. The minimum Gasteiger partial charge on any atom is -0.495 e. The second kappa shape index (κ2) is 9.04. The van der Waals surface area contributed by atoms with Gasteiger partial charge in [-0.05, 0) is 48.2 Å². The number of nitrogens with zero attached hydrogens (tertiary/aromatic N) is 1. The Morgan fingerprint density at radius 1 is 1.06 bits per heavy atom. The number of carbonyl (C=O) groups excluding carboxylic acids is 3. The van der Waals surface area contributed by atoms with Crippen molar-refractivity contribution in [1.29, 1.82) is 0 Å². The Bertz CT molecular complexity index is 1050. The first-order valence-electron chi connectivity index (χ1n) is 10.1. The van der Waals surface area contributed by atoms with E-state index in [-0.39, 0.29) is 29.3 Å². The average molecular weight is 421 g/mol. The zero-order valence-corrected chi connectivity index (χ0v) is 18.4. The van der Waals surface area contributed by atoms with Gasteiger partial charge >= 0.3 is 0 Å². The van der Waals surface area contributed by atoms with Crippen LogP contribution in [0.3, 0.4) is 0 Å². The third-order valence-electron chi connectivity index (χ3n) is 4.82. The summed E-state index contributed by atoms with van der Waals surface area (Å²) in [6.07, 6.45) is 0. The van der Waals surface area contributed by atoms with Gasteiger partial charge < -0.3 is 15.4 Å². The number of amides is 3. The first-order valence-corrected chi connectivity index (χ1v) is 10.1. The molecule has 0 fully saturated rings. The third kappa shape index (κ3) is 4.77. The lowest BCUT2D eigenvalue weighted by Crippen LogP contribution is -2.35. The molecule has 7 heteroatoms. The zero-order valence-electron chi connectivity index (χ0n) is 18.4. The zero-order chi connectivity index (χ0) is 22.7. The van der Waals surface area contributed by atoms with Crippen molar-refractivity contribution in [3.8, 4) is 5.75 Å². The van der Waals surface area contributed by atoms with Crippen molar-refractivity contribution in [3.63, 3.8) is 0 Å². The number of hydrogen-bond acceptors (Lipinski definition) is 5. The molecule has 1 heterocycles. The molecule has 1 aliphatic heterocycles. The van der Waals surface area contributed by atoms with Crippen LogP contribution in [0.2, 0.25) is 0 Å². The second-order valence-electron chi connectivity index (χ2n) is 7.95. The maximum Gasteiger partial charge on any atom is 0.278 e. The van der Waals surface area contributed by atoms with Gasteiger partial charge in [-0.3, -0.25) is 19.3 Å². The first-order chi connectivity index (χ1) is 14.7. The molecule has 31 heavy (non-hydrogen) atoms. The minimum atomic E-state index is -0.372. The molecule has 3 rings (SSSR count). The molecule has 2 aromatic rings. The summed E-state index contributed by atoms with van der Waals surface area (Å²) in [5.74, 6) is -0.204. The van der Waals surface area contributed by atoms with E-state index in [1.165, 1.54) is 11.8 Å². The lowest BCUT2D eigenvalue weighted by Gasteiger charge is -2.18. The van der Waals surface area contributed by atoms with Crippen LogP contribution in [0.1, 0.15) is 31.9 Å². The largest absolute Gasteiger partial charge is 0.495 e. The predicted octanol–water partition coefficient (Wildman–Crippen LogP) is 3.81. The molecule has 0 spiro atoms. The number of rotatable bonds is 7. The highest BCUT2D eigenvalue weighted by Crippen LogP contribution is 2.34. The number of aryl methyl sites for hydroxylation is 1. The van der Waals surface area contributed by atoms with Gasteiger partial charge in [0.2, 0.25) is 5.91 Å². The lowest BCUT2D eigenvalue weighted by molar-refractivity contribution is -0.137. The van der Waals surface area contributed by atoms with Gasteiger partial charge in [-0.1, -0.05) is 32.0 Å². The third-order valence-corrected chi connectivity index (χ3v) is 4.82. The van der Waals surface area contributed by atoms with E-state index in [1.54, 1.807) is 31.4 Å². The summed E-state index contributed by atoms with van der Waals surface area (Å²) < 4.78 is 5.42. The van der Waals surface area contributed by atoms with Crippen LogP contribution in [0, 0.1) is 12.8 Å². The normalized spacial score (nSPS) is 13.8. The summed E-state index contributed by atoms with van der Waals surface area (Å²) in [6.45, 7) is 7.60. The van der Waals surface area contributed by atoms with Crippen molar-refractivity contribution in [2.45, 2.75) is 27.7 Å². The molecule has 162 valence electrons. The second-order valence-corrected chi connectivity index (χ2v) is 7.95. The number of methoxy groups -OCH3 is 1. The highest BCUT2D eigenvalue weighted by Gasteiger charge is 2.39. The highest BCUT2D eigenvalue weighted by atomic mass is 16.5. The fourth-order valence-electron chi connectivity index (χ4n) is 3.47. The Kier molecular flexibility index (Phi) is 6.44. The molecular formula is C24H27N3O4. The number of hydrogen-bond donors (Lipinski definition) is 2. The summed E-state index contributed by atoms with van der Waals surface area (Å²) in [5, 5.41) is 5.85. The Morgan fingerprint density at radius 2 is 1.74 bits per heavy atom. The SMILES string of the molecule is COc1ccc(C)cc1NC1=C(c2ccc(NC(C)=O)cc2)C(=O)N(CC(C)C)C1=O. The summed E-state index contributed by atoms with van der Waals surface area (Å²) in [4.78, 5) is 39.0. The number of benzene rings is 2. The Hall–Kier alpha value is -3.61.